The number of hydrogen-bond acceptors (Lipinski definition) is 2. The molecule has 0 saturated heterocycles. The Bertz CT molecular complexity index is 389. The summed E-state index contributed by atoms with van der Waals surface area (Å²) in [5.41, 5.74) is 3.99. The van der Waals surface area contributed by atoms with Crippen LogP contribution < -0.4 is 5.32 Å². The van der Waals surface area contributed by atoms with E-state index in [0.29, 0.717) is 12.6 Å². The number of benzene rings is 1. The van der Waals surface area contributed by atoms with Crippen LogP contribution in [0.2, 0.25) is 0 Å². The minimum Gasteiger partial charge on any atom is -0.387 e. The summed E-state index contributed by atoms with van der Waals surface area (Å²) in [4.78, 5) is 0. The van der Waals surface area contributed by atoms with E-state index < -0.39 is 0 Å². The standard InChI is InChI=1S/C16H25NO/c1-3-12(2)17-11-16(18)15-10-6-8-13-7-4-5-9-14(13)15/h6,8,10,12,16-18H,3-5,7,9,11H2,1-2H3. The highest BCUT2D eigenvalue weighted by Crippen LogP contribution is 2.28. The number of fused-ring (bicyclic) bond motifs is 1. The average Bonchev–Trinajstić information content (AvgIpc) is 2.43. The van der Waals surface area contributed by atoms with Crippen molar-refractivity contribution in [2.45, 2.75) is 58.1 Å². The molecule has 0 fully saturated rings. The first-order valence-electron chi connectivity index (χ1n) is 7.24. The Balaban J connectivity index is 2.08. The second kappa shape index (κ2) is 6.35. The lowest BCUT2D eigenvalue weighted by atomic mass is 9.86. The Morgan fingerprint density at radius 1 is 1.28 bits per heavy atom. The smallest absolute Gasteiger partial charge is 0.0917 e. The topological polar surface area (TPSA) is 32.3 Å². The van der Waals surface area contributed by atoms with E-state index >= 15 is 0 Å². The molecule has 0 spiro atoms. The molecular weight excluding hydrogens is 222 g/mol. The summed E-state index contributed by atoms with van der Waals surface area (Å²) in [6, 6.07) is 6.87. The molecule has 100 valence electrons. The van der Waals surface area contributed by atoms with Crippen molar-refractivity contribution < 1.29 is 5.11 Å². The Morgan fingerprint density at radius 3 is 2.83 bits per heavy atom. The monoisotopic (exact) mass is 247 g/mol. The fraction of sp³-hybridized carbons (Fsp3) is 0.625. The van der Waals surface area contributed by atoms with E-state index in [9.17, 15) is 5.11 Å². The maximum Gasteiger partial charge on any atom is 0.0917 e. The Hall–Kier alpha value is -0.860. The zero-order chi connectivity index (χ0) is 13.0. The third-order valence-corrected chi connectivity index (χ3v) is 4.06. The van der Waals surface area contributed by atoms with Crippen LogP contribution in [0, 0.1) is 0 Å². The van der Waals surface area contributed by atoms with Gasteiger partial charge in [0.05, 0.1) is 6.10 Å². The normalized spacial score (nSPS) is 18.2. The summed E-state index contributed by atoms with van der Waals surface area (Å²) in [5.74, 6) is 0. The lowest BCUT2D eigenvalue weighted by Crippen LogP contribution is -2.30. The van der Waals surface area contributed by atoms with Crippen molar-refractivity contribution in [1.29, 1.82) is 0 Å². The number of nitrogens with one attached hydrogen (secondary N) is 1. The van der Waals surface area contributed by atoms with Crippen LogP contribution in [0.5, 0.6) is 0 Å². The highest BCUT2D eigenvalue weighted by molar-refractivity contribution is 5.38. The highest BCUT2D eigenvalue weighted by Gasteiger charge is 2.17. The molecule has 1 aliphatic carbocycles. The van der Waals surface area contributed by atoms with Gasteiger partial charge in [0.15, 0.2) is 0 Å². The molecule has 0 aromatic heterocycles. The summed E-state index contributed by atoms with van der Waals surface area (Å²) >= 11 is 0. The molecule has 2 heteroatoms. The number of rotatable bonds is 5. The largest absolute Gasteiger partial charge is 0.387 e. The van der Waals surface area contributed by atoms with Crippen molar-refractivity contribution in [2.24, 2.45) is 0 Å². The molecule has 1 aromatic rings. The van der Waals surface area contributed by atoms with E-state index in [1.807, 2.05) is 0 Å². The van der Waals surface area contributed by atoms with Gasteiger partial charge in [-0.1, -0.05) is 25.1 Å². The molecule has 0 amide bonds. The van der Waals surface area contributed by atoms with Crippen molar-refractivity contribution in [1.82, 2.24) is 5.32 Å². The van der Waals surface area contributed by atoms with Crippen LogP contribution in [-0.4, -0.2) is 17.7 Å². The van der Waals surface area contributed by atoms with Gasteiger partial charge in [0.2, 0.25) is 0 Å². The summed E-state index contributed by atoms with van der Waals surface area (Å²) in [6.45, 7) is 4.98. The molecule has 0 radical (unpaired) electrons. The predicted molar refractivity (Wildman–Crippen MR) is 75.8 cm³/mol. The lowest BCUT2D eigenvalue weighted by Gasteiger charge is -2.23. The van der Waals surface area contributed by atoms with Gasteiger partial charge in [-0.3, -0.25) is 0 Å². The van der Waals surface area contributed by atoms with E-state index in [-0.39, 0.29) is 6.10 Å². The van der Waals surface area contributed by atoms with Crippen LogP contribution in [0.25, 0.3) is 0 Å². The SMILES string of the molecule is CCC(C)NCC(O)c1cccc2c1CCCC2. The first-order valence-corrected chi connectivity index (χ1v) is 7.24. The summed E-state index contributed by atoms with van der Waals surface area (Å²) < 4.78 is 0. The van der Waals surface area contributed by atoms with Gasteiger partial charge < -0.3 is 10.4 Å². The van der Waals surface area contributed by atoms with Gasteiger partial charge >= 0.3 is 0 Å². The fourth-order valence-electron chi connectivity index (χ4n) is 2.69. The first-order chi connectivity index (χ1) is 8.72. The second-order valence-corrected chi connectivity index (χ2v) is 5.43. The molecule has 0 aliphatic heterocycles. The summed E-state index contributed by atoms with van der Waals surface area (Å²) in [5, 5.41) is 13.7. The molecule has 2 rings (SSSR count). The molecule has 2 nitrogen and oxygen atoms in total. The van der Waals surface area contributed by atoms with Crippen molar-refractivity contribution in [3.05, 3.63) is 34.9 Å². The van der Waals surface area contributed by atoms with Gasteiger partial charge in [-0.15, -0.1) is 0 Å². The summed E-state index contributed by atoms with van der Waals surface area (Å²) in [6.07, 6.45) is 5.58. The predicted octanol–water partition coefficient (Wildman–Crippen LogP) is 2.99. The van der Waals surface area contributed by atoms with Gasteiger partial charge in [-0.05, 0) is 55.7 Å². The second-order valence-electron chi connectivity index (χ2n) is 5.43. The molecular formula is C16H25NO. The van der Waals surface area contributed by atoms with Crippen LogP contribution in [-0.2, 0) is 12.8 Å². The zero-order valence-electron chi connectivity index (χ0n) is 11.6. The van der Waals surface area contributed by atoms with Crippen molar-refractivity contribution >= 4 is 0 Å². The third-order valence-electron chi connectivity index (χ3n) is 4.06. The van der Waals surface area contributed by atoms with Crippen LogP contribution in [0.4, 0.5) is 0 Å². The van der Waals surface area contributed by atoms with E-state index in [4.69, 9.17) is 0 Å². The quantitative estimate of drug-likeness (QED) is 0.838. The van der Waals surface area contributed by atoms with E-state index in [1.165, 1.54) is 30.4 Å². The summed E-state index contributed by atoms with van der Waals surface area (Å²) in [7, 11) is 0. The fourth-order valence-corrected chi connectivity index (χ4v) is 2.69. The van der Waals surface area contributed by atoms with Crippen LogP contribution in [0.1, 0.15) is 55.9 Å². The number of aliphatic hydroxyl groups excluding tert-OH is 1. The minimum absolute atomic E-state index is 0.368. The Labute approximate surface area is 110 Å². The van der Waals surface area contributed by atoms with E-state index in [1.54, 1.807) is 0 Å². The van der Waals surface area contributed by atoms with Crippen LogP contribution >= 0.6 is 0 Å². The maximum absolute atomic E-state index is 10.4. The van der Waals surface area contributed by atoms with Gasteiger partial charge in [-0.25, -0.2) is 0 Å². The molecule has 1 aromatic carbocycles. The van der Waals surface area contributed by atoms with E-state index in [2.05, 4.69) is 37.4 Å². The molecule has 18 heavy (non-hydrogen) atoms. The molecule has 0 saturated carbocycles. The molecule has 2 atom stereocenters. The third kappa shape index (κ3) is 3.12. The number of aliphatic hydroxyl groups is 1. The number of aryl methyl sites for hydroxylation is 1. The Kier molecular flexibility index (Phi) is 4.79. The maximum atomic E-state index is 10.4. The molecule has 1 aliphatic rings. The van der Waals surface area contributed by atoms with Crippen molar-refractivity contribution in [3.8, 4) is 0 Å². The molecule has 2 unspecified atom stereocenters. The average molecular weight is 247 g/mol. The van der Waals surface area contributed by atoms with Crippen molar-refractivity contribution in [3.63, 3.8) is 0 Å². The zero-order valence-corrected chi connectivity index (χ0v) is 11.6. The molecule has 0 heterocycles. The van der Waals surface area contributed by atoms with Crippen molar-refractivity contribution in [2.75, 3.05) is 6.54 Å². The van der Waals surface area contributed by atoms with Gasteiger partial charge in [0, 0.05) is 12.6 Å². The van der Waals surface area contributed by atoms with Gasteiger partial charge in [0.1, 0.15) is 0 Å². The van der Waals surface area contributed by atoms with Gasteiger partial charge in [-0.2, -0.15) is 0 Å². The van der Waals surface area contributed by atoms with Crippen LogP contribution in [0.3, 0.4) is 0 Å². The Morgan fingerprint density at radius 2 is 2.06 bits per heavy atom. The van der Waals surface area contributed by atoms with E-state index in [0.717, 1.165) is 18.4 Å². The minimum atomic E-state index is -0.368. The molecule has 0 bridgehead atoms. The first kappa shape index (κ1) is 13.6. The highest BCUT2D eigenvalue weighted by atomic mass is 16.3. The lowest BCUT2D eigenvalue weighted by molar-refractivity contribution is 0.169. The molecule has 2 N–H and O–H groups in total. The van der Waals surface area contributed by atoms with Crippen LogP contribution in [0.15, 0.2) is 18.2 Å². The van der Waals surface area contributed by atoms with Gasteiger partial charge in [0.25, 0.3) is 0 Å². The number of hydrogen-bond donors (Lipinski definition) is 2.